The van der Waals surface area contributed by atoms with E-state index >= 15 is 0 Å². The molecule has 1 aliphatic carbocycles. The predicted molar refractivity (Wildman–Crippen MR) is 58.0 cm³/mol. The first-order chi connectivity index (χ1) is 7.22. The third-order valence-electron chi connectivity index (χ3n) is 2.67. The minimum absolute atomic E-state index is 0.115. The number of hydrogen-bond donors (Lipinski definition) is 2. The predicted octanol–water partition coefficient (Wildman–Crippen LogP) is 2.16. The van der Waals surface area contributed by atoms with E-state index in [9.17, 15) is 4.79 Å². The Morgan fingerprint density at radius 1 is 1.47 bits per heavy atom. The van der Waals surface area contributed by atoms with Crippen LogP contribution in [-0.4, -0.2) is 30.0 Å². The number of allylic oxidation sites excluding steroid dienone is 1. The second kappa shape index (κ2) is 6.45. The molecule has 1 saturated carbocycles. The largest absolute Gasteiger partial charge is 0.465 e. The summed E-state index contributed by atoms with van der Waals surface area (Å²) in [5, 5.41) is 11.1. The van der Waals surface area contributed by atoms with Crippen LogP contribution in [-0.2, 0) is 4.74 Å². The summed E-state index contributed by atoms with van der Waals surface area (Å²) in [7, 11) is 0. The molecule has 4 heteroatoms. The van der Waals surface area contributed by atoms with Crippen molar-refractivity contribution >= 4 is 6.09 Å². The molecule has 0 aromatic carbocycles. The highest BCUT2D eigenvalue weighted by atomic mass is 16.5. The van der Waals surface area contributed by atoms with Gasteiger partial charge in [0.2, 0.25) is 0 Å². The molecule has 0 heterocycles. The summed E-state index contributed by atoms with van der Waals surface area (Å²) in [6, 6.07) is 0.115. The van der Waals surface area contributed by atoms with Gasteiger partial charge in [-0.1, -0.05) is 12.2 Å². The fourth-order valence-electron chi connectivity index (χ4n) is 1.84. The Labute approximate surface area is 90.3 Å². The molecule has 0 spiro atoms. The number of carboxylic acid groups (broad SMARTS) is 1. The molecule has 1 aliphatic rings. The van der Waals surface area contributed by atoms with Gasteiger partial charge in [0.05, 0.1) is 12.7 Å². The molecule has 1 rings (SSSR count). The molecule has 1 amide bonds. The Balaban J connectivity index is 2.15. The van der Waals surface area contributed by atoms with Gasteiger partial charge in [-0.3, -0.25) is 0 Å². The zero-order valence-electron chi connectivity index (χ0n) is 9.11. The first kappa shape index (κ1) is 12.0. The van der Waals surface area contributed by atoms with E-state index in [2.05, 4.69) is 5.32 Å². The van der Waals surface area contributed by atoms with Crippen molar-refractivity contribution in [2.45, 2.75) is 44.8 Å². The molecular weight excluding hydrogens is 194 g/mol. The lowest BCUT2D eigenvalue weighted by Gasteiger charge is -2.28. The van der Waals surface area contributed by atoms with E-state index in [1.807, 2.05) is 19.1 Å². The van der Waals surface area contributed by atoms with E-state index in [0.717, 1.165) is 25.7 Å². The lowest BCUT2D eigenvalue weighted by molar-refractivity contribution is 0.0396. The van der Waals surface area contributed by atoms with E-state index in [1.54, 1.807) is 0 Å². The highest BCUT2D eigenvalue weighted by Gasteiger charge is 2.22. The summed E-state index contributed by atoms with van der Waals surface area (Å²) < 4.78 is 5.61. The Bertz CT molecular complexity index is 220. The molecule has 0 atom stereocenters. The molecule has 0 aromatic rings. The lowest BCUT2D eigenvalue weighted by atomic mass is 9.93. The zero-order chi connectivity index (χ0) is 11.1. The van der Waals surface area contributed by atoms with Crippen molar-refractivity contribution in [3.8, 4) is 0 Å². The summed E-state index contributed by atoms with van der Waals surface area (Å²) in [5.74, 6) is 0. The van der Waals surface area contributed by atoms with Crippen molar-refractivity contribution in [2.24, 2.45) is 0 Å². The van der Waals surface area contributed by atoms with Crippen LogP contribution in [0.3, 0.4) is 0 Å². The van der Waals surface area contributed by atoms with E-state index < -0.39 is 6.09 Å². The van der Waals surface area contributed by atoms with Crippen LogP contribution in [0.25, 0.3) is 0 Å². The molecule has 4 nitrogen and oxygen atoms in total. The fraction of sp³-hybridized carbons (Fsp3) is 0.727. The fourth-order valence-corrected chi connectivity index (χ4v) is 1.84. The Morgan fingerprint density at radius 2 is 2.13 bits per heavy atom. The number of ether oxygens (including phenoxy) is 1. The van der Waals surface area contributed by atoms with Crippen molar-refractivity contribution < 1.29 is 14.6 Å². The molecule has 0 saturated heterocycles. The minimum atomic E-state index is -0.923. The maximum Gasteiger partial charge on any atom is 0.404 e. The molecule has 0 aliphatic heterocycles. The van der Waals surface area contributed by atoms with Crippen LogP contribution in [0.5, 0.6) is 0 Å². The first-order valence-electron chi connectivity index (χ1n) is 5.44. The van der Waals surface area contributed by atoms with Crippen LogP contribution in [0, 0.1) is 0 Å². The molecular formula is C11H19NO3. The third-order valence-corrected chi connectivity index (χ3v) is 2.67. The molecule has 0 bridgehead atoms. The van der Waals surface area contributed by atoms with Gasteiger partial charge in [0.25, 0.3) is 0 Å². The molecule has 0 aromatic heterocycles. The summed E-state index contributed by atoms with van der Waals surface area (Å²) in [6.07, 6.45) is 6.99. The van der Waals surface area contributed by atoms with E-state index in [4.69, 9.17) is 9.84 Å². The molecule has 0 radical (unpaired) electrons. The summed E-state index contributed by atoms with van der Waals surface area (Å²) in [4.78, 5) is 10.4. The highest BCUT2D eigenvalue weighted by Crippen LogP contribution is 2.21. The van der Waals surface area contributed by atoms with E-state index in [1.165, 1.54) is 0 Å². The van der Waals surface area contributed by atoms with Crippen molar-refractivity contribution in [3.63, 3.8) is 0 Å². The molecule has 1 fully saturated rings. The number of nitrogens with one attached hydrogen (secondary N) is 1. The van der Waals surface area contributed by atoms with Crippen molar-refractivity contribution in [3.05, 3.63) is 12.2 Å². The van der Waals surface area contributed by atoms with Gasteiger partial charge >= 0.3 is 6.09 Å². The first-order valence-corrected chi connectivity index (χ1v) is 5.44. The van der Waals surface area contributed by atoms with E-state index in [-0.39, 0.29) is 6.04 Å². The average molecular weight is 213 g/mol. The Kier molecular flexibility index (Phi) is 5.18. The standard InChI is InChI=1S/C11H19NO3/c1-2-3-8-15-10-6-4-9(5-7-10)12-11(13)14/h2-3,9-10,12H,4-8H2,1H3,(H,13,14)/b3-2+/t9-,10-. The van der Waals surface area contributed by atoms with Gasteiger partial charge in [-0.05, 0) is 32.6 Å². The van der Waals surface area contributed by atoms with Crippen LogP contribution >= 0.6 is 0 Å². The third kappa shape index (κ3) is 4.83. The maximum atomic E-state index is 10.4. The minimum Gasteiger partial charge on any atom is -0.465 e. The SMILES string of the molecule is C/C=C/CO[C@H]1CC[C@H](NC(=O)O)CC1. The van der Waals surface area contributed by atoms with Crippen molar-refractivity contribution in [1.82, 2.24) is 5.32 Å². The van der Waals surface area contributed by atoms with E-state index in [0.29, 0.717) is 12.7 Å². The van der Waals surface area contributed by atoms with Gasteiger partial charge in [0.15, 0.2) is 0 Å². The normalized spacial score (nSPS) is 26.7. The van der Waals surface area contributed by atoms with Gasteiger partial charge in [-0.25, -0.2) is 4.79 Å². The second-order valence-corrected chi connectivity index (χ2v) is 3.83. The topological polar surface area (TPSA) is 58.6 Å². The number of hydrogen-bond acceptors (Lipinski definition) is 2. The van der Waals surface area contributed by atoms with Crippen LogP contribution < -0.4 is 5.32 Å². The quantitative estimate of drug-likeness (QED) is 0.703. The maximum absolute atomic E-state index is 10.4. The summed E-state index contributed by atoms with van der Waals surface area (Å²) in [6.45, 7) is 2.63. The molecule has 2 N–H and O–H groups in total. The smallest absolute Gasteiger partial charge is 0.404 e. The Morgan fingerprint density at radius 3 is 2.67 bits per heavy atom. The zero-order valence-corrected chi connectivity index (χ0v) is 9.11. The monoisotopic (exact) mass is 213 g/mol. The van der Waals surface area contributed by atoms with Crippen molar-refractivity contribution in [2.75, 3.05) is 6.61 Å². The lowest BCUT2D eigenvalue weighted by Crippen LogP contribution is -2.38. The number of carbonyl (C=O) groups is 1. The molecule has 86 valence electrons. The van der Waals surface area contributed by atoms with Gasteiger partial charge in [-0.2, -0.15) is 0 Å². The van der Waals surface area contributed by atoms with Crippen LogP contribution in [0.15, 0.2) is 12.2 Å². The summed E-state index contributed by atoms with van der Waals surface area (Å²) >= 11 is 0. The van der Waals surface area contributed by atoms with Gasteiger partial charge in [0.1, 0.15) is 0 Å². The number of rotatable bonds is 4. The molecule has 15 heavy (non-hydrogen) atoms. The average Bonchev–Trinajstić information content (AvgIpc) is 2.20. The van der Waals surface area contributed by atoms with Crippen LogP contribution in [0.2, 0.25) is 0 Å². The van der Waals surface area contributed by atoms with Crippen molar-refractivity contribution in [1.29, 1.82) is 0 Å². The van der Waals surface area contributed by atoms with Gasteiger partial charge in [-0.15, -0.1) is 0 Å². The molecule has 0 unspecified atom stereocenters. The van der Waals surface area contributed by atoms with Crippen LogP contribution in [0.1, 0.15) is 32.6 Å². The number of amides is 1. The van der Waals surface area contributed by atoms with Gasteiger partial charge in [0, 0.05) is 6.04 Å². The Hall–Kier alpha value is -1.03. The summed E-state index contributed by atoms with van der Waals surface area (Å²) in [5.41, 5.74) is 0. The van der Waals surface area contributed by atoms with Crippen LogP contribution in [0.4, 0.5) is 4.79 Å². The second-order valence-electron chi connectivity index (χ2n) is 3.83. The highest BCUT2D eigenvalue weighted by molar-refractivity contribution is 5.64. The van der Waals surface area contributed by atoms with Gasteiger partial charge < -0.3 is 15.2 Å².